The number of carbonyl (C=O) groups is 2. The first-order chi connectivity index (χ1) is 24.8. The first-order valence-electron chi connectivity index (χ1n) is 21.3. The standard InChI is InChI=1S/C41H80N2O7S/c1-3-5-7-9-11-13-15-17-18-19-20-22-24-26-28-30-36(45)43-34(33-51-41-39(48)38(47)37(46)35(32-44)50-41)40(49)42-31-29-27-25-23-21-16-14-12-10-8-6-4-2/h34-35,37-39,41,44,46-48H,3-33H2,1-2H3,(H,42,49)(H,43,45)/t34?,35-,37+,38+,39-,41?/m1/s1. The van der Waals surface area contributed by atoms with Crippen molar-refractivity contribution in [2.24, 2.45) is 0 Å². The molecule has 302 valence electrons. The van der Waals surface area contributed by atoms with Crippen LogP contribution in [0.4, 0.5) is 0 Å². The average Bonchev–Trinajstić information content (AvgIpc) is 3.13. The minimum Gasteiger partial charge on any atom is -0.394 e. The summed E-state index contributed by atoms with van der Waals surface area (Å²) in [6.45, 7) is 4.53. The van der Waals surface area contributed by atoms with Crippen LogP contribution in [0.25, 0.3) is 0 Å². The molecule has 2 unspecified atom stereocenters. The Morgan fingerprint density at radius 3 is 1.43 bits per heavy atom. The van der Waals surface area contributed by atoms with Gasteiger partial charge in [-0.25, -0.2) is 0 Å². The average molecular weight is 745 g/mol. The third-order valence-electron chi connectivity index (χ3n) is 10.3. The normalized spacial score (nSPS) is 21.1. The number of aliphatic hydroxyl groups is 4. The monoisotopic (exact) mass is 745 g/mol. The van der Waals surface area contributed by atoms with E-state index >= 15 is 0 Å². The molecular formula is C41H80N2O7S. The number of rotatable bonds is 35. The van der Waals surface area contributed by atoms with Gasteiger partial charge in [-0.2, -0.15) is 0 Å². The number of carbonyl (C=O) groups excluding carboxylic acids is 2. The van der Waals surface area contributed by atoms with E-state index in [1.807, 2.05) is 0 Å². The van der Waals surface area contributed by atoms with Gasteiger partial charge >= 0.3 is 0 Å². The van der Waals surface area contributed by atoms with Crippen LogP contribution >= 0.6 is 11.8 Å². The molecule has 10 heteroatoms. The quantitative estimate of drug-likeness (QED) is 0.0357. The van der Waals surface area contributed by atoms with Crippen LogP contribution < -0.4 is 10.6 Å². The fourth-order valence-electron chi connectivity index (χ4n) is 6.80. The van der Waals surface area contributed by atoms with Crippen molar-refractivity contribution < 1.29 is 34.8 Å². The van der Waals surface area contributed by atoms with Crippen molar-refractivity contribution in [2.75, 3.05) is 18.9 Å². The van der Waals surface area contributed by atoms with E-state index in [1.165, 1.54) is 135 Å². The summed E-state index contributed by atoms with van der Waals surface area (Å²) in [6.07, 6.45) is 28.8. The van der Waals surface area contributed by atoms with Crippen molar-refractivity contribution in [3.8, 4) is 0 Å². The maximum atomic E-state index is 13.2. The number of nitrogens with one attached hydrogen (secondary N) is 2. The van der Waals surface area contributed by atoms with E-state index in [1.54, 1.807) is 0 Å². The van der Waals surface area contributed by atoms with Crippen LogP contribution in [0.3, 0.4) is 0 Å². The van der Waals surface area contributed by atoms with Crippen molar-refractivity contribution >= 4 is 23.6 Å². The van der Waals surface area contributed by atoms with Gasteiger partial charge in [0.1, 0.15) is 35.9 Å². The zero-order valence-corrected chi connectivity index (χ0v) is 33.6. The van der Waals surface area contributed by atoms with Crippen LogP contribution in [0.15, 0.2) is 0 Å². The molecular weight excluding hydrogens is 665 g/mol. The van der Waals surface area contributed by atoms with Gasteiger partial charge in [-0.05, 0) is 12.8 Å². The predicted octanol–water partition coefficient (Wildman–Crippen LogP) is 8.08. The smallest absolute Gasteiger partial charge is 0.243 e. The van der Waals surface area contributed by atoms with Gasteiger partial charge in [0.05, 0.1) is 6.61 Å². The number of ether oxygens (including phenoxy) is 1. The number of unbranched alkanes of at least 4 members (excludes halogenated alkanes) is 25. The zero-order valence-electron chi connectivity index (χ0n) is 32.8. The van der Waals surface area contributed by atoms with Crippen molar-refractivity contribution in [1.29, 1.82) is 0 Å². The molecule has 0 spiro atoms. The molecule has 0 saturated carbocycles. The summed E-state index contributed by atoms with van der Waals surface area (Å²) in [4.78, 5) is 26.1. The Hall–Kier alpha value is -0.910. The van der Waals surface area contributed by atoms with Gasteiger partial charge in [0, 0.05) is 18.7 Å². The number of thioether (sulfide) groups is 1. The number of aliphatic hydroxyl groups excluding tert-OH is 4. The molecule has 1 heterocycles. The first-order valence-corrected chi connectivity index (χ1v) is 22.4. The lowest BCUT2D eigenvalue weighted by Crippen LogP contribution is -2.58. The molecule has 9 nitrogen and oxygen atoms in total. The maximum Gasteiger partial charge on any atom is 0.243 e. The Kier molecular flexibility index (Phi) is 31.7. The van der Waals surface area contributed by atoms with E-state index in [0.717, 1.165) is 50.3 Å². The molecule has 6 N–H and O–H groups in total. The molecule has 0 aromatic rings. The molecule has 1 aliphatic rings. The van der Waals surface area contributed by atoms with E-state index in [0.29, 0.717) is 13.0 Å². The van der Waals surface area contributed by atoms with Crippen LogP contribution in [-0.4, -0.2) is 87.0 Å². The van der Waals surface area contributed by atoms with Gasteiger partial charge in [0.15, 0.2) is 0 Å². The number of hydrogen-bond donors (Lipinski definition) is 6. The van der Waals surface area contributed by atoms with E-state index in [4.69, 9.17) is 4.74 Å². The Labute approximate surface area is 316 Å². The number of amides is 2. The van der Waals surface area contributed by atoms with Crippen molar-refractivity contribution in [1.82, 2.24) is 10.6 Å². The minimum atomic E-state index is -1.48. The van der Waals surface area contributed by atoms with Crippen LogP contribution in [-0.2, 0) is 14.3 Å². The summed E-state index contributed by atoms with van der Waals surface area (Å²) in [5.41, 5.74) is -0.959. The van der Waals surface area contributed by atoms with Gasteiger partial charge < -0.3 is 35.8 Å². The Morgan fingerprint density at radius 2 is 1.00 bits per heavy atom. The summed E-state index contributed by atoms with van der Waals surface area (Å²) in [5, 5.41) is 46.2. The van der Waals surface area contributed by atoms with Gasteiger partial charge in [0.2, 0.25) is 11.8 Å². The highest BCUT2D eigenvalue weighted by atomic mass is 32.2. The number of hydrogen-bond acceptors (Lipinski definition) is 8. The lowest BCUT2D eigenvalue weighted by Gasteiger charge is -2.40. The maximum absolute atomic E-state index is 13.2. The van der Waals surface area contributed by atoms with E-state index in [9.17, 15) is 30.0 Å². The topological polar surface area (TPSA) is 148 Å². The third kappa shape index (κ3) is 24.9. The van der Waals surface area contributed by atoms with E-state index in [-0.39, 0.29) is 17.6 Å². The minimum absolute atomic E-state index is 0.123. The second-order valence-electron chi connectivity index (χ2n) is 15.0. The molecule has 0 bridgehead atoms. The summed E-state index contributed by atoms with van der Waals surface area (Å²) in [7, 11) is 0. The predicted molar refractivity (Wildman–Crippen MR) is 212 cm³/mol. The van der Waals surface area contributed by atoms with Gasteiger partial charge in [-0.3, -0.25) is 9.59 Å². The lowest BCUT2D eigenvalue weighted by atomic mass is 10.0. The Morgan fingerprint density at radius 1 is 0.588 bits per heavy atom. The third-order valence-corrected chi connectivity index (χ3v) is 11.5. The van der Waals surface area contributed by atoms with Crippen LogP contribution in [0.5, 0.6) is 0 Å². The zero-order chi connectivity index (χ0) is 37.4. The first kappa shape index (κ1) is 48.1. The summed E-state index contributed by atoms with van der Waals surface area (Å²) < 4.78 is 5.62. The highest BCUT2D eigenvalue weighted by molar-refractivity contribution is 7.99. The molecule has 1 fully saturated rings. The lowest BCUT2D eigenvalue weighted by molar-refractivity contribution is -0.205. The second-order valence-corrected chi connectivity index (χ2v) is 16.2. The summed E-state index contributed by atoms with van der Waals surface area (Å²) >= 11 is 1.09. The molecule has 2 amide bonds. The van der Waals surface area contributed by atoms with Crippen molar-refractivity contribution in [2.45, 2.75) is 230 Å². The largest absolute Gasteiger partial charge is 0.394 e. The molecule has 6 atom stereocenters. The van der Waals surface area contributed by atoms with Gasteiger partial charge in [-0.1, -0.05) is 174 Å². The SMILES string of the molecule is CCCCCCCCCCCCCCCCCC(=O)NC(CSC1O[C@H](CO)[C@H](O)[C@H](O)[C@H]1O)C(=O)NCCCCCCCCCCCCCC. The van der Waals surface area contributed by atoms with E-state index in [2.05, 4.69) is 24.5 Å². The van der Waals surface area contributed by atoms with Crippen LogP contribution in [0, 0.1) is 0 Å². The molecule has 1 rings (SSSR count). The van der Waals surface area contributed by atoms with Gasteiger partial charge in [-0.15, -0.1) is 11.8 Å². The molecule has 0 aliphatic carbocycles. The molecule has 1 saturated heterocycles. The van der Waals surface area contributed by atoms with Gasteiger partial charge in [0.25, 0.3) is 0 Å². The second kappa shape index (κ2) is 33.6. The van der Waals surface area contributed by atoms with Crippen LogP contribution in [0.1, 0.15) is 194 Å². The highest BCUT2D eigenvalue weighted by Gasteiger charge is 2.44. The molecule has 0 aromatic carbocycles. The molecule has 0 aromatic heterocycles. The van der Waals surface area contributed by atoms with Crippen molar-refractivity contribution in [3.05, 3.63) is 0 Å². The summed E-state index contributed by atoms with van der Waals surface area (Å²) in [5.74, 6) is -0.331. The molecule has 0 radical (unpaired) electrons. The fourth-order valence-corrected chi connectivity index (χ4v) is 8.00. The Bertz CT molecular complexity index is 821. The summed E-state index contributed by atoms with van der Waals surface area (Å²) in [6, 6.07) is -0.830. The van der Waals surface area contributed by atoms with Crippen molar-refractivity contribution in [3.63, 3.8) is 0 Å². The molecule has 51 heavy (non-hydrogen) atoms. The molecule has 1 aliphatic heterocycles. The fraction of sp³-hybridized carbons (Fsp3) is 0.951. The van der Waals surface area contributed by atoms with Crippen LogP contribution in [0.2, 0.25) is 0 Å². The Balaban J connectivity index is 2.35. The van der Waals surface area contributed by atoms with E-state index < -0.39 is 42.5 Å². The highest BCUT2D eigenvalue weighted by Crippen LogP contribution is 2.29.